The van der Waals surface area contributed by atoms with Gasteiger partial charge in [0.05, 0.1) is 19.9 Å². The van der Waals surface area contributed by atoms with E-state index in [1.807, 2.05) is 6.07 Å². The highest BCUT2D eigenvalue weighted by atomic mass is 32.1. The van der Waals surface area contributed by atoms with Gasteiger partial charge in [0, 0.05) is 24.0 Å². The van der Waals surface area contributed by atoms with Crippen LogP contribution < -0.4 is 20.1 Å². The fourth-order valence-corrected chi connectivity index (χ4v) is 7.15. The number of carboxylic acid groups (broad SMARTS) is 1. The Morgan fingerprint density at radius 3 is 2.66 bits per heavy atom. The number of carbonyl (C=O) groups is 1. The number of hydrogen-bond acceptors (Lipinski definition) is 6. The van der Waals surface area contributed by atoms with E-state index in [4.69, 9.17) is 21.7 Å². The van der Waals surface area contributed by atoms with Gasteiger partial charge in [-0.2, -0.15) is 0 Å². The third-order valence-electron chi connectivity index (χ3n) is 8.00. The van der Waals surface area contributed by atoms with E-state index in [1.54, 1.807) is 25.7 Å². The van der Waals surface area contributed by atoms with Crippen molar-refractivity contribution in [2.75, 3.05) is 26.1 Å². The number of rotatable bonds is 8. The van der Waals surface area contributed by atoms with Gasteiger partial charge in [-0.15, -0.1) is 11.3 Å². The van der Waals surface area contributed by atoms with Crippen LogP contribution in [0, 0.1) is 0 Å². The van der Waals surface area contributed by atoms with Crippen LogP contribution in [0.1, 0.15) is 46.5 Å². The minimum Gasteiger partial charge on any atom is -0.493 e. The minimum atomic E-state index is -0.954. The molecule has 2 fully saturated rings. The maximum atomic E-state index is 11.5. The van der Waals surface area contributed by atoms with Crippen LogP contribution >= 0.6 is 23.6 Å². The lowest BCUT2D eigenvalue weighted by Crippen LogP contribution is -2.52. The van der Waals surface area contributed by atoms with Crippen LogP contribution in [0.5, 0.6) is 11.5 Å². The largest absolute Gasteiger partial charge is 0.493 e. The number of fused-ring (bicyclic) bond motifs is 1. The van der Waals surface area contributed by atoms with Gasteiger partial charge in [0.2, 0.25) is 0 Å². The van der Waals surface area contributed by atoms with Gasteiger partial charge in [0.15, 0.2) is 16.6 Å². The first-order valence-electron chi connectivity index (χ1n) is 12.8. The van der Waals surface area contributed by atoms with Gasteiger partial charge >= 0.3 is 5.97 Å². The zero-order valence-electron chi connectivity index (χ0n) is 21.6. The predicted octanol–water partition coefficient (Wildman–Crippen LogP) is 5.51. The van der Waals surface area contributed by atoms with Crippen LogP contribution in [-0.2, 0) is 12.0 Å². The number of methoxy groups -OCH3 is 2. The van der Waals surface area contributed by atoms with Gasteiger partial charge in [-0.3, -0.25) is 4.90 Å². The number of likely N-dealkylation sites (tertiary alicyclic amines) is 1. The number of nitrogens with one attached hydrogen (secondary N) is 2. The molecule has 7 nitrogen and oxygen atoms in total. The molecule has 9 heteroatoms. The first-order valence-corrected chi connectivity index (χ1v) is 14.1. The first-order chi connectivity index (χ1) is 18.4. The number of hydrogen-bond donors (Lipinski definition) is 3. The second-order valence-electron chi connectivity index (χ2n) is 9.99. The maximum Gasteiger partial charge on any atom is 0.348 e. The molecule has 38 heavy (non-hydrogen) atoms. The van der Waals surface area contributed by atoms with E-state index in [0.29, 0.717) is 16.8 Å². The highest BCUT2D eigenvalue weighted by molar-refractivity contribution is 7.80. The summed E-state index contributed by atoms with van der Waals surface area (Å²) < 4.78 is 11.2. The number of carboxylic acids is 1. The average Bonchev–Trinajstić information content (AvgIpc) is 3.54. The van der Waals surface area contributed by atoms with E-state index < -0.39 is 5.97 Å². The molecule has 0 unspecified atom stereocenters. The minimum absolute atomic E-state index is 0.00535. The predicted molar refractivity (Wildman–Crippen MR) is 155 cm³/mol. The topological polar surface area (TPSA) is 83.1 Å². The summed E-state index contributed by atoms with van der Waals surface area (Å²) in [5, 5.41) is 18.2. The van der Waals surface area contributed by atoms with Crippen molar-refractivity contribution in [3.63, 3.8) is 0 Å². The smallest absolute Gasteiger partial charge is 0.348 e. The average molecular weight is 552 g/mol. The van der Waals surface area contributed by atoms with Gasteiger partial charge in [-0.05, 0) is 79.2 Å². The third-order valence-corrected chi connectivity index (χ3v) is 9.12. The SMILES string of the molecule is COc1ccc([C@@]23CC[C@@H](NC(=S)Nc4ccsc4C(=O)O)C[C@@H]2N(Cc2ccccc2)CC3)cc1OC. The molecule has 3 aromatic rings. The van der Waals surface area contributed by atoms with Crippen LogP contribution in [0.3, 0.4) is 0 Å². The molecule has 1 saturated carbocycles. The molecule has 2 aromatic carbocycles. The molecule has 1 aliphatic heterocycles. The molecule has 0 amide bonds. The summed E-state index contributed by atoms with van der Waals surface area (Å²) in [6.45, 7) is 1.91. The molecule has 2 aliphatic rings. The summed E-state index contributed by atoms with van der Waals surface area (Å²) >= 11 is 6.80. The number of aromatic carboxylic acids is 1. The zero-order chi connectivity index (χ0) is 26.7. The van der Waals surface area contributed by atoms with Gasteiger partial charge in [0.25, 0.3) is 0 Å². The van der Waals surface area contributed by atoms with Crippen molar-refractivity contribution in [1.82, 2.24) is 10.2 Å². The molecule has 3 atom stereocenters. The number of anilines is 1. The van der Waals surface area contributed by atoms with Gasteiger partial charge < -0.3 is 25.2 Å². The Bertz CT molecular complexity index is 1300. The van der Waals surface area contributed by atoms with E-state index in [9.17, 15) is 9.90 Å². The summed E-state index contributed by atoms with van der Waals surface area (Å²) in [6.07, 6.45) is 3.98. The molecule has 2 heterocycles. The Morgan fingerprint density at radius 1 is 1.13 bits per heavy atom. The lowest BCUT2D eigenvalue weighted by atomic mass is 9.65. The van der Waals surface area contributed by atoms with Crippen molar-refractivity contribution < 1.29 is 19.4 Å². The summed E-state index contributed by atoms with van der Waals surface area (Å²) in [5.74, 6) is 0.546. The Hall–Kier alpha value is -3.14. The maximum absolute atomic E-state index is 11.5. The molecular weight excluding hydrogens is 518 g/mol. The number of thiocarbonyl (C=S) groups is 1. The van der Waals surface area contributed by atoms with Crippen LogP contribution in [0.4, 0.5) is 5.69 Å². The van der Waals surface area contributed by atoms with Crippen molar-refractivity contribution in [3.8, 4) is 11.5 Å². The third kappa shape index (κ3) is 5.23. The number of benzene rings is 2. The van der Waals surface area contributed by atoms with E-state index in [2.05, 4.69) is 58.0 Å². The standard InChI is InChI=1S/C29H33N3O4S2/c1-35-23-9-8-20(16-24(23)36-2)29-12-10-21(30-28(37)31-22-11-15-38-26(22)27(33)34)17-25(29)32(14-13-29)18-19-6-4-3-5-7-19/h3-9,11,15-16,21,25H,10,12-14,17-18H2,1-2H3,(H,33,34)(H2,30,31,37)/t21-,25+,29+/m1/s1. The summed E-state index contributed by atoms with van der Waals surface area (Å²) in [7, 11) is 3.35. The second-order valence-corrected chi connectivity index (χ2v) is 11.3. The van der Waals surface area contributed by atoms with E-state index in [-0.39, 0.29) is 16.3 Å². The number of thiophene rings is 1. The Labute approximate surface area is 232 Å². The highest BCUT2D eigenvalue weighted by Crippen LogP contribution is 2.50. The molecule has 3 N–H and O–H groups in total. The summed E-state index contributed by atoms with van der Waals surface area (Å²) in [5.41, 5.74) is 3.13. The van der Waals surface area contributed by atoms with Crippen molar-refractivity contribution in [2.24, 2.45) is 0 Å². The molecule has 0 radical (unpaired) electrons. The van der Waals surface area contributed by atoms with Crippen molar-refractivity contribution in [2.45, 2.75) is 49.7 Å². The summed E-state index contributed by atoms with van der Waals surface area (Å²) in [6, 6.07) is 19.2. The van der Waals surface area contributed by atoms with E-state index in [0.717, 1.165) is 50.3 Å². The molecule has 1 saturated heterocycles. The summed E-state index contributed by atoms with van der Waals surface area (Å²) in [4.78, 5) is 14.4. The molecule has 0 spiro atoms. The highest BCUT2D eigenvalue weighted by Gasteiger charge is 2.51. The second kappa shape index (κ2) is 11.3. The molecule has 200 valence electrons. The van der Waals surface area contributed by atoms with Gasteiger partial charge in [-0.25, -0.2) is 4.79 Å². The van der Waals surface area contributed by atoms with Crippen molar-refractivity contribution in [3.05, 3.63) is 76.0 Å². The van der Waals surface area contributed by atoms with Gasteiger partial charge in [-0.1, -0.05) is 36.4 Å². The van der Waals surface area contributed by atoms with Crippen LogP contribution in [0.2, 0.25) is 0 Å². The first kappa shape index (κ1) is 26.5. The van der Waals surface area contributed by atoms with Crippen LogP contribution in [0.25, 0.3) is 0 Å². The lowest BCUT2D eigenvalue weighted by molar-refractivity contribution is 0.0703. The molecule has 1 aliphatic carbocycles. The van der Waals surface area contributed by atoms with Crippen molar-refractivity contribution in [1.29, 1.82) is 0 Å². The number of nitrogens with zero attached hydrogens (tertiary/aromatic N) is 1. The molecule has 0 bridgehead atoms. The Balaban J connectivity index is 1.38. The Kier molecular flexibility index (Phi) is 7.88. The fourth-order valence-electron chi connectivity index (χ4n) is 6.18. The van der Waals surface area contributed by atoms with E-state index >= 15 is 0 Å². The molecule has 5 rings (SSSR count). The van der Waals surface area contributed by atoms with E-state index in [1.165, 1.54) is 22.5 Å². The quantitative estimate of drug-likeness (QED) is 0.316. The van der Waals surface area contributed by atoms with Gasteiger partial charge in [0.1, 0.15) is 4.88 Å². The van der Waals surface area contributed by atoms with Crippen LogP contribution in [-0.4, -0.2) is 53.9 Å². The zero-order valence-corrected chi connectivity index (χ0v) is 23.2. The molecule has 1 aromatic heterocycles. The Morgan fingerprint density at radius 2 is 1.92 bits per heavy atom. The normalized spacial score (nSPS) is 22.9. The monoisotopic (exact) mass is 551 g/mol. The molecular formula is C29H33N3O4S2. The fraction of sp³-hybridized carbons (Fsp3) is 0.379. The van der Waals surface area contributed by atoms with Crippen LogP contribution in [0.15, 0.2) is 60.0 Å². The number of ether oxygens (including phenoxy) is 2. The lowest BCUT2D eigenvalue weighted by Gasteiger charge is -2.46. The van der Waals surface area contributed by atoms with Crippen molar-refractivity contribution >= 4 is 40.3 Å².